The topological polar surface area (TPSA) is 207 Å². The monoisotopic (exact) mass is 1120 g/mol. The van der Waals surface area contributed by atoms with Gasteiger partial charge in [0.1, 0.15) is 41.3 Å². The number of nitrogens with zero attached hydrogens (tertiary/aromatic N) is 11. The maximum absolute atomic E-state index is 17.1. The molecule has 2 bridgehead atoms. The number of halogens is 1. The van der Waals surface area contributed by atoms with Gasteiger partial charge in [-0.15, -0.1) is 0 Å². The number of likely N-dealkylation sites (tertiary alicyclic amines) is 2. The average molecular weight is 1120 g/mol. The normalized spacial score (nSPS) is 21.7. The molecule has 432 valence electrons. The van der Waals surface area contributed by atoms with E-state index in [2.05, 4.69) is 47.4 Å². The van der Waals surface area contributed by atoms with E-state index in [1.807, 2.05) is 87.1 Å². The number of ether oxygens (including phenoxy) is 1. The number of aryl methyl sites for hydroxylation is 2. The molecule has 19 nitrogen and oxygen atoms in total. The van der Waals surface area contributed by atoms with Crippen molar-refractivity contribution < 1.29 is 33.5 Å². The molecule has 6 atom stereocenters. The Balaban J connectivity index is 0.634. The van der Waals surface area contributed by atoms with E-state index in [1.165, 1.54) is 4.90 Å². The molecule has 0 spiro atoms. The highest BCUT2D eigenvalue weighted by Gasteiger charge is 2.44. The first kappa shape index (κ1) is 55.3. The Morgan fingerprint density at radius 2 is 1.67 bits per heavy atom. The number of phenols is 1. The number of aliphatic hydroxyl groups excluding tert-OH is 1. The Morgan fingerprint density at radius 3 is 2.39 bits per heavy atom. The standard InChI is InChI=1S/C62H76FN13O6/c1-6-40-8-7-9-43-28-46(77)29-48(55(40)43)57-56(63)58-49(32-64-57)59(75-34-44-14-15-45(35-75)67-44)69-62(68-58)81-27-26-72-20-17-39(18-21-72)33-73-22-24-74(25-23-73)53-31-52(82-70-53)54(37(2)3)61(80)76-36-47(78)30-51(76)60(79)66-38(4)41-10-12-42(13-11-41)50-16-19-65-71(50)5/h7-13,16,19,28-29,31-32,37-39,44-45,47,51,54,67,77-78H,6,14-15,17-18,20-27,30,33-36H2,1-5H3,(H,66,79)/t38?,44?,45?,47-,51+,54?/m1/s1. The Bertz CT molecular complexity index is 3420. The first-order chi connectivity index (χ1) is 39.7. The highest BCUT2D eigenvalue weighted by atomic mass is 19.1. The number of aliphatic hydroxyl groups is 1. The van der Waals surface area contributed by atoms with Gasteiger partial charge in [-0.05, 0) is 110 Å². The molecule has 0 saturated carbocycles. The van der Waals surface area contributed by atoms with E-state index in [-0.39, 0.29) is 59.7 Å². The molecular weight excluding hydrogens is 1040 g/mol. The van der Waals surface area contributed by atoms with Gasteiger partial charge in [0.25, 0.3) is 0 Å². The van der Waals surface area contributed by atoms with Crippen LogP contribution >= 0.6 is 0 Å². The maximum Gasteiger partial charge on any atom is 0.319 e. The van der Waals surface area contributed by atoms with Gasteiger partial charge in [-0.3, -0.25) is 29.1 Å². The minimum atomic E-state index is -0.823. The van der Waals surface area contributed by atoms with Crippen LogP contribution in [-0.2, 0) is 23.1 Å². The third kappa shape index (κ3) is 11.3. The summed E-state index contributed by atoms with van der Waals surface area (Å²) in [7, 11) is 1.90. The largest absolute Gasteiger partial charge is 0.508 e. The second-order valence-electron chi connectivity index (χ2n) is 23.7. The lowest BCUT2D eigenvalue weighted by Crippen LogP contribution is -2.51. The summed E-state index contributed by atoms with van der Waals surface area (Å²) in [5, 5.41) is 39.4. The lowest BCUT2D eigenvalue weighted by molar-refractivity contribution is -0.141. The van der Waals surface area contributed by atoms with Crippen LogP contribution in [0.2, 0.25) is 0 Å². The molecule has 5 aliphatic rings. The van der Waals surface area contributed by atoms with Gasteiger partial charge in [0.15, 0.2) is 17.4 Å². The van der Waals surface area contributed by atoms with Crippen molar-refractivity contribution in [2.24, 2.45) is 18.9 Å². The average Bonchev–Trinajstić information content (AvgIpc) is 3.28. The fraction of sp³-hybridized carbons (Fsp3) is 0.500. The van der Waals surface area contributed by atoms with E-state index in [0.29, 0.717) is 59.5 Å². The molecule has 20 heteroatoms. The van der Waals surface area contributed by atoms with Gasteiger partial charge in [-0.25, -0.2) is 4.39 Å². The third-order valence-electron chi connectivity index (χ3n) is 17.9. The van der Waals surface area contributed by atoms with Crippen LogP contribution in [0.1, 0.15) is 88.6 Å². The molecule has 5 fully saturated rings. The summed E-state index contributed by atoms with van der Waals surface area (Å²) in [4.78, 5) is 53.6. The Morgan fingerprint density at radius 1 is 0.902 bits per heavy atom. The molecule has 4 unspecified atom stereocenters. The second kappa shape index (κ2) is 23.5. The van der Waals surface area contributed by atoms with Crippen molar-refractivity contribution in [2.45, 2.75) is 102 Å². The maximum atomic E-state index is 17.1. The van der Waals surface area contributed by atoms with Gasteiger partial charge in [0, 0.05) is 108 Å². The molecule has 4 aromatic heterocycles. The summed E-state index contributed by atoms with van der Waals surface area (Å²) < 4.78 is 31.3. The number of β-amino-alcohol motifs (C(OH)–C–C–N with tert-alkyl or cyclic N) is 1. The summed E-state index contributed by atoms with van der Waals surface area (Å²) in [6.07, 6.45) is 7.83. The first-order valence-corrected chi connectivity index (χ1v) is 29.5. The number of benzene rings is 3. The summed E-state index contributed by atoms with van der Waals surface area (Å²) in [5.74, 6) is 0.435. The third-order valence-corrected chi connectivity index (χ3v) is 17.9. The van der Waals surface area contributed by atoms with Crippen molar-refractivity contribution in [3.8, 4) is 34.3 Å². The van der Waals surface area contributed by atoms with Crippen LogP contribution in [0.25, 0.3) is 44.2 Å². The lowest BCUT2D eigenvalue weighted by Gasteiger charge is -2.38. The van der Waals surface area contributed by atoms with Crippen molar-refractivity contribution in [3.05, 3.63) is 102 Å². The molecule has 5 aliphatic heterocycles. The molecule has 12 rings (SSSR count). The van der Waals surface area contributed by atoms with E-state index in [4.69, 9.17) is 24.2 Å². The molecule has 0 radical (unpaired) electrons. The SMILES string of the molecule is CCc1cccc2cc(O)cc(-c3ncc4c(N5CC6CCC(C5)N6)nc(OCCN5CCC(CN6CCN(c7cc(C(C(=O)N8C[C@H](O)C[C@H]8C(=O)NC(C)c8ccc(-c9ccnn9C)cc8)C(C)C)on7)CC6)CC5)nc4c3F)c12. The van der Waals surface area contributed by atoms with E-state index < -0.39 is 23.9 Å². The van der Waals surface area contributed by atoms with Crippen molar-refractivity contribution in [1.29, 1.82) is 0 Å². The molecule has 9 heterocycles. The number of phenolic OH excluding ortho intramolecular Hbond substituents is 1. The van der Waals surface area contributed by atoms with Gasteiger partial charge in [0.05, 0.1) is 23.2 Å². The number of hydrogen-bond acceptors (Lipinski definition) is 16. The molecule has 4 N–H and O–H groups in total. The molecule has 2 amide bonds. The fourth-order valence-electron chi connectivity index (χ4n) is 13.4. The van der Waals surface area contributed by atoms with E-state index in [9.17, 15) is 19.8 Å². The van der Waals surface area contributed by atoms with Gasteiger partial charge >= 0.3 is 6.01 Å². The van der Waals surface area contributed by atoms with Gasteiger partial charge in [-0.1, -0.05) is 68.4 Å². The van der Waals surface area contributed by atoms with E-state index in [0.717, 1.165) is 124 Å². The highest BCUT2D eigenvalue weighted by molar-refractivity contribution is 6.02. The zero-order valence-electron chi connectivity index (χ0n) is 47.7. The lowest BCUT2D eigenvalue weighted by atomic mass is 9.91. The second-order valence-corrected chi connectivity index (χ2v) is 23.7. The van der Waals surface area contributed by atoms with Crippen molar-refractivity contribution >= 4 is 45.1 Å². The summed E-state index contributed by atoms with van der Waals surface area (Å²) in [6, 6.07) is 20.7. The van der Waals surface area contributed by atoms with Crippen LogP contribution in [0, 0.1) is 17.7 Å². The van der Waals surface area contributed by atoms with Crippen molar-refractivity contribution in [1.82, 2.24) is 55.2 Å². The zero-order chi connectivity index (χ0) is 56.8. The molecule has 5 saturated heterocycles. The number of pyridine rings is 1. The number of carbonyl (C=O) groups is 2. The summed E-state index contributed by atoms with van der Waals surface area (Å²) in [6.45, 7) is 16.8. The quantitative estimate of drug-likeness (QED) is 0.0719. The number of aromatic nitrogens is 6. The molecule has 3 aromatic carbocycles. The fourth-order valence-corrected chi connectivity index (χ4v) is 13.4. The number of piperidine rings is 1. The predicted molar refractivity (Wildman–Crippen MR) is 312 cm³/mol. The number of carbonyl (C=O) groups excluding carboxylic acids is 2. The van der Waals surface area contributed by atoms with Crippen LogP contribution < -0.4 is 25.2 Å². The molecular formula is C62H76FN13O6. The van der Waals surface area contributed by atoms with Crippen LogP contribution in [-0.4, -0.2) is 169 Å². The van der Waals surface area contributed by atoms with E-state index in [1.54, 1.807) is 24.5 Å². The number of piperazine rings is 2. The number of nitrogens with one attached hydrogen (secondary N) is 2. The smallest absolute Gasteiger partial charge is 0.319 e. The van der Waals surface area contributed by atoms with E-state index >= 15 is 4.39 Å². The van der Waals surface area contributed by atoms with Crippen molar-refractivity contribution in [3.63, 3.8) is 0 Å². The van der Waals surface area contributed by atoms with Crippen LogP contribution in [0.15, 0.2) is 83.6 Å². The highest BCUT2D eigenvalue weighted by Crippen LogP contribution is 2.40. The summed E-state index contributed by atoms with van der Waals surface area (Å²) in [5.41, 5.74) is 4.79. The molecule has 0 aliphatic carbocycles. The van der Waals surface area contributed by atoms with Gasteiger partial charge in [0.2, 0.25) is 11.8 Å². The number of anilines is 2. The van der Waals surface area contributed by atoms with Crippen molar-refractivity contribution in [2.75, 3.05) is 88.4 Å². The Labute approximate surface area is 477 Å². The first-order valence-electron chi connectivity index (χ1n) is 29.5. The number of amides is 2. The Kier molecular flexibility index (Phi) is 15.9. The molecule has 7 aromatic rings. The number of hydrogen-bond donors (Lipinski definition) is 4. The number of aromatic hydroxyl groups is 1. The number of fused-ring (bicyclic) bond motifs is 4. The zero-order valence-corrected chi connectivity index (χ0v) is 47.7. The van der Waals surface area contributed by atoms with Crippen LogP contribution in [0.5, 0.6) is 11.8 Å². The minimum absolute atomic E-state index is 0.0445. The van der Waals surface area contributed by atoms with Crippen LogP contribution in [0.3, 0.4) is 0 Å². The summed E-state index contributed by atoms with van der Waals surface area (Å²) >= 11 is 0. The minimum Gasteiger partial charge on any atom is -0.508 e. The molecule has 82 heavy (non-hydrogen) atoms. The van der Waals surface area contributed by atoms with Crippen LogP contribution in [0.4, 0.5) is 16.0 Å². The predicted octanol–water partition coefficient (Wildman–Crippen LogP) is 7.07. The van der Waals surface area contributed by atoms with Gasteiger partial charge < -0.3 is 44.8 Å². The Hall–Kier alpha value is -7.26. The number of rotatable bonds is 17. The van der Waals surface area contributed by atoms with Gasteiger partial charge in [-0.2, -0.15) is 15.1 Å².